The minimum Gasteiger partial charge on any atom is -0.481 e. The molecular formula is C43H68N2O5. The van der Waals surface area contributed by atoms with Gasteiger partial charge in [-0.3, -0.25) is 19.3 Å². The quantitative estimate of drug-likeness (QED) is 0.213. The summed E-state index contributed by atoms with van der Waals surface area (Å²) in [5, 5.41) is 9.61. The number of nitrogens with zero attached hydrogens (tertiary/aromatic N) is 2. The van der Waals surface area contributed by atoms with Gasteiger partial charge in [0, 0.05) is 37.0 Å². The van der Waals surface area contributed by atoms with E-state index in [-0.39, 0.29) is 45.6 Å². The van der Waals surface area contributed by atoms with Crippen molar-refractivity contribution in [2.24, 2.45) is 62.1 Å². The smallest absolute Gasteiger partial charge is 0.309 e. The number of carbonyl (C=O) groups is 3. The Morgan fingerprint density at radius 1 is 0.860 bits per heavy atom. The fraction of sp³-hybridized carbons (Fsp3) is 0.884. The first-order chi connectivity index (χ1) is 23.2. The van der Waals surface area contributed by atoms with Gasteiger partial charge in [-0.05, 0) is 150 Å². The summed E-state index contributed by atoms with van der Waals surface area (Å²) in [6, 6.07) is 0.950. The molecule has 1 amide bonds. The van der Waals surface area contributed by atoms with Crippen LogP contribution < -0.4 is 0 Å². The van der Waals surface area contributed by atoms with Crippen LogP contribution in [0.3, 0.4) is 0 Å². The van der Waals surface area contributed by atoms with E-state index in [2.05, 4.69) is 65.0 Å². The minimum atomic E-state index is -1.14. The summed E-state index contributed by atoms with van der Waals surface area (Å²) < 4.78 is 6.19. The first-order valence-electron chi connectivity index (χ1n) is 20.3. The number of hydrogen-bond acceptors (Lipinski definition) is 5. The van der Waals surface area contributed by atoms with Crippen LogP contribution >= 0.6 is 0 Å². The maximum Gasteiger partial charge on any atom is 0.309 e. The van der Waals surface area contributed by atoms with Gasteiger partial charge in [0.25, 0.3) is 0 Å². The van der Waals surface area contributed by atoms with E-state index in [1.54, 1.807) is 13.8 Å². The van der Waals surface area contributed by atoms with Crippen LogP contribution in [0.2, 0.25) is 0 Å². The van der Waals surface area contributed by atoms with Crippen LogP contribution in [0.4, 0.5) is 0 Å². The van der Waals surface area contributed by atoms with Crippen molar-refractivity contribution in [3.05, 3.63) is 12.2 Å². The van der Waals surface area contributed by atoms with Gasteiger partial charge in [-0.25, -0.2) is 0 Å². The summed E-state index contributed by atoms with van der Waals surface area (Å²) in [5.74, 6) is 1.78. The number of piperazine rings is 1. The fourth-order valence-electron chi connectivity index (χ4n) is 15.0. The van der Waals surface area contributed by atoms with Crippen molar-refractivity contribution in [2.45, 2.75) is 157 Å². The zero-order valence-electron chi connectivity index (χ0n) is 32.9. The number of rotatable bonds is 7. The SMILES string of the molecule is C=C(C)C1CCC2(CC(=O)N3CC4CC3CN4C)CCC3(C)C(CCC4C5(C)CCC(OC(=O)CC(C)(C)C(=O)O)C(C)(C)C5CCC43C)C12. The molecule has 7 aliphatic rings. The molecule has 12 unspecified atom stereocenters. The van der Waals surface area contributed by atoms with Gasteiger partial charge < -0.3 is 14.7 Å². The lowest BCUT2D eigenvalue weighted by Crippen LogP contribution is -2.67. The summed E-state index contributed by atoms with van der Waals surface area (Å²) in [5.41, 5.74) is 0.695. The second-order valence-corrected chi connectivity index (χ2v) is 21.0. The highest BCUT2D eigenvalue weighted by molar-refractivity contribution is 5.81. The predicted molar refractivity (Wildman–Crippen MR) is 196 cm³/mol. The van der Waals surface area contributed by atoms with E-state index >= 15 is 0 Å². The largest absolute Gasteiger partial charge is 0.481 e. The monoisotopic (exact) mass is 693 g/mol. The molecule has 5 saturated carbocycles. The van der Waals surface area contributed by atoms with E-state index in [0.717, 1.165) is 45.2 Å². The molecule has 2 bridgehead atoms. The Labute approximate surface area is 302 Å². The number of fused-ring (bicyclic) bond motifs is 9. The minimum absolute atomic E-state index is 0.0993. The Morgan fingerprint density at radius 2 is 1.58 bits per heavy atom. The maximum absolute atomic E-state index is 14.2. The number of ether oxygens (including phenoxy) is 1. The number of allylic oxidation sites excluding steroid dienone is 1. The van der Waals surface area contributed by atoms with E-state index in [0.29, 0.717) is 47.6 Å². The van der Waals surface area contributed by atoms with Gasteiger partial charge >= 0.3 is 11.9 Å². The third-order valence-corrected chi connectivity index (χ3v) is 18.0. The molecule has 2 saturated heterocycles. The van der Waals surface area contributed by atoms with Gasteiger partial charge in [-0.15, -0.1) is 0 Å². The maximum atomic E-state index is 14.2. The van der Waals surface area contributed by atoms with Crippen LogP contribution in [0.25, 0.3) is 0 Å². The summed E-state index contributed by atoms with van der Waals surface area (Å²) in [6.07, 6.45) is 13.0. The zero-order chi connectivity index (χ0) is 36.4. The molecule has 5 aliphatic carbocycles. The summed E-state index contributed by atoms with van der Waals surface area (Å²) in [4.78, 5) is 43.8. The molecule has 0 radical (unpaired) electrons. The summed E-state index contributed by atoms with van der Waals surface area (Å²) in [7, 11) is 2.22. The van der Waals surface area contributed by atoms with Crippen molar-refractivity contribution in [1.29, 1.82) is 0 Å². The van der Waals surface area contributed by atoms with Gasteiger partial charge in [0.05, 0.1) is 11.8 Å². The Hall–Kier alpha value is -1.89. The van der Waals surface area contributed by atoms with Crippen molar-refractivity contribution >= 4 is 17.8 Å². The number of esters is 1. The Morgan fingerprint density at radius 3 is 2.20 bits per heavy atom. The van der Waals surface area contributed by atoms with Gasteiger partial charge in [0.1, 0.15) is 6.10 Å². The van der Waals surface area contributed by atoms with Crippen LogP contribution in [0, 0.1) is 62.1 Å². The molecule has 280 valence electrons. The molecule has 0 aromatic rings. The summed E-state index contributed by atoms with van der Waals surface area (Å²) in [6.45, 7) is 24.6. The second kappa shape index (κ2) is 11.8. The summed E-state index contributed by atoms with van der Waals surface area (Å²) >= 11 is 0. The molecular weight excluding hydrogens is 624 g/mol. The average Bonchev–Trinajstić information content (AvgIpc) is 3.71. The zero-order valence-corrected chi connectivity index (χ0v) is 32.9. The number of hydrogen-bond donors (Lipinski definition) is 1. The number of amides is 1. The number of likely N-dealkylation sites (N-methyl/N-ethyl adjacent to an activating group) is 1. The molecule has 7 nitrogen and oxygen atoms in total. The molecule has 50 heavy (non-hydrogen) atoms. The van der Waals surface area contributed by atoms with Gasteiger partial charge in [-0.1, -0.05) is 46.8 Å². The van der Waals surface area contributed by atoms with Crippen LogP contribution in [0.1, 0.15) is 139 Å². The van der Waals surface area contributed by atoms with Crippen molar-refractivity contribution in [2.75, 3.05) is 20.1 Å². The van der Waals surface area contributed by atoms with E-state index in [1.165, 1.54) is 50.5 Å². The lowest BCUT2D eigenvalue weighted by Gasteiger charge is -2.73. The number of carbonyl (C=O) groups excluding carboxylic acids is 2. The first-order valence-corrected chi connectivity index (χ1v) is 20.3. The molecule has 0 spiro atoms. The normalized spacial score (nSPS) is 46.4. The van der Waals surface area contributed by atoms with Crippen LogP contribution in [0.15, 0.2) is 12.2 Å². The predicted octanol–water partition coefficient (Wildman–Crippen LogP) is 8.36. The topological polar surface area (TPSA) is 87.2 Å². The lowest BCUT2D eigenvalue weighted by molar-refractivity contribution is -0.250. The third-order valence-electron chi connectivity index (χ3n) is 18.0. The lowest BCUT2D eigenvalue weighted by atomic mass is 9.32. The van der Waals surface area contributed by atoms with Crippen molar-refractivity contribution in [1.82, 2.24) is 9.80 Å². The third kappa shape index (κ3) is 5.14. The number of likely N-dealkylation sites (tertiary alicyclic amines) is 2. The number of carboxylic acid groups (broad SMARTS) is 1. The molecule has 0 aromatic carbocycles. The Balaban J connectivity index is 1.13. The highest BCUT2D eigenvalue weighted by atomic mass is 16.5. The molecule has 1 N–H and O–H groups in total. The molecule has 7 rings (SSSR count). The Kier molecular flexibility index (Phi) is 8.61. The van der Waals surface area contributed by atoms with Gasteiger partial charge in [0.15, 0.2) is 0 Å². The highest BCUT2D eigenvalue weighted by Gasteiger charge is 2.71. The number of aliphatic carboxylic acids is 1. The van der Waals surface area contributed by atoms with E-state index in [4.69, 9.17) is 4.74 Å². The van der Waals surface area contributed by atoms with Crippen molar-refractivity contribution in [3.8, 4) is 0 Å². The second-order valence-electron chi connectivity index (χ2n) is 21.0. The standard InChI is InChI=1S/C43H68N2O5/c1-26(2)29-13-18-43(22-34(46)45-25-27-21-28(45)24-44(27)10)20-19-41(8)30(36(29)43)11-12-32-40(7)16-15-33(50-35(47)23-38(3,4)37(48)49)39(5,6)31(40)14-17-42(32,41)9/h27-33,36H,1,11-25H2,2-10H3,(H,48,49). The first kappa shape index (κ1) is 36.5. The van der Waals surface area contributed by atoms with E-state index in [9.17, 15) is 19.5 Å². The Bertz CT molecular complexity index is 1440. The molecule has 7 heteroatoms. The van der Waals surface area contributed by atoms with Crippen LogP contribution in [0.5, 0.6) is 0 Å². The fourth-order valence-corrected chi connectivity index (χ4v) is 15.0. The number of carboxylic acids is 1. The molecule has 12 atom stereocenters. The van der Waals surface area contributed by atoms with Gasteiger partial charge in [0.2, 0.25) is 5.91 Å². The molecule has 2 heterocycles. The van der Waals surface area contributed by atoms with Gasteiger partial charge in [-0.2, -0.15) is 0 Å². The van der Waals surface area contributed by atoms with Crippen LogP contribution in [-0.4, -0.2) is 71.1 Å². The molecule has 7 fully saturated rings. The highest BCUT2D eigenvalue weighted by Crippen LogP contribution is 2.78. The molecule has 0 aromatic heterocycles. The van der Waals surface area contributed by atoms with E-state index in [1.807, 2.05) is 0 Å². The van der Waals surface area contributed by atoms with E-state index < -0.39 is 11.4 Å². The van der Waals surface area contributed by atoms with Crippen molar-refractivity contribution in [3.63, 3.8) is 0 Å². The average molecular weight is 693 g/mol. The van der Waals surface area contributed by atoms with Crippen molar-refractivity contribution < 1.29 is 24.2 Å². The molecule has 2 aliphatic heterocycles. The van der Waals surface area contributed by atoms with Crippen LogP contribution in [-0.2, 0) is 19.1 Å².